The van der Waals surface area contributed by atoms with Crippen molar-refractivity contribution in [3.8, 4) is 5.75 Å². The summed E-state index contributed by atoms with van der Waals surface area (Å²) in [7, 11) is 3.06. The minimum atomic E-state index is -0.470. The van der Waals surface area contributed by atoms with Gasteiger partial charge in [0.1, 0.15) is 24.8 Å². The van der Waals surface area contributed by atoms with Gasteiger partial charge in [-0.25, -0.2) is 4.39 Å². The third-order valence-corrected chi connectivity index (χ3v) is 4.72. The van der Waals surface area contributed by atoms with Crippen LogP contribution < -0.4 is 15.0 Å². The highest BCUT2D eigenvalue weighted by atomic mass is 19.1. The minimum absolute atomic E-state index is 0.309. The van der Waals surface area contributed by atoms with Crippen molar-refractivity contribution in [1.82, 2.24) is 5.32 Å². The molecule has 1 unspecified atom stereocenters. The summed E-state index contributed by atoms with van der Waals surface area (Å²) >= 11 is 0. The van der Waals surface area contributed by atoms with Gasteiger partial charge in [0.2, 0.25) is 0 Å². The van der Waals surface area contributed by atoms with Crippen LogP contribution in [0.5, 0.6) is 5.75 Å². The van der Waals surface area contributed by atoms with E-state index in [1.807, 2.05) is 24.3 Å². The molecular formula is C19H18FN3O3. The highest BCUT2D eigenvalue weighted by molar-refractivity contribution is 6.13. The molecule has 0 saturated carbocycles. The lowest BCUT2D eigenvalue weighted by Gasteiger charge is -2.43. The van der Waals surface area contributed by atoms with Crippen molar-refractivity contribution in [1.29, 1.82) is 0 Å². The van der Waals surface area contributed by atoms with E-state index >= 15 is 0 Å². The minimum Gasteiger partial charge on any atom is -0.497 e. The lowest BCUT2D eigenvalue weighted by molar-refractivity contribution is 0.0925. The standard InChI is InChI=1S/C19H18FN3O3/c1-25-13-5-3-11(4-6-13)18-21-19(24)15-10-12(20)9-14-16(22-26-2)7-8-23(18)17(14)15/h3-6,9-10,18H,7-8H2,1-2H3,(H,21,24)/b22-16-. The first-order chi connectivity index (χ1) is 12.6. The lowest BCUT2D eigenvalue weighted by Crippen LogP contribution is -2.49. The van der Waals surface area contributed by atoms with E-state index in [0.29, 0.717) is 35.5 Å². The van der Waals surface area contributed by atoms with Crippen molar-refractivity contribution in [3.63, 3.8) is 0 Å². The lowest BCUT2D eigenvalue weighted by atomic mass is 9.92. The zero-order chi connectivity index (χ0) is 18.3. The molecule has 0 aromatic heterocycles. The largest absolute Gasteiger partial charge is 0.497 e. The predicted octanol–water partition coefficient (Wildman–Crippen LogP) is 2.84. The molecule has 0 saturated heterocycles. The zero-order valence-corrected chi connectivity index (χ0v) is 14.5. The van der Waals surface area contributed by atoms with Crippen LogP contribution in [0.1, 0.15) is 34.1 Å². The second-order valence-electron chi connectivity index (χ2n) is 6.16. The number of methoxy groups -OCH3 is 1. The maximum atomic E-state index is 14.1. The zero-order valence-electron chi connectivity index (χ0n) is 14.5. The second-order valence-corrected chi connectivity index (χ2v) is 6.16. The Morgan fingerprint density at radius 3 is 2.62 bits per heavy atom. The molecule has 4 rings (SSSR count). The molecule has 0 radical (unpaired) electrons. The van der Waals surface area contributed by atoms with Crippen molar-refractivity contribution in [2.75, 3.05) is 25.7 Å². The summed E-state index contributed by atoms with van der Waals surface area (Å²) < 4.78 is 19.3. The van der Waals surface area contributed by atoms with E-state index in [0.717, 1.165) is 11.3 Å². The van der Waals surface area contributed by atoms with E-state index in [9.17, 15) is 9.18 Å². The number of ether oxygens (including phenoxy) is 1. The fraction of sp³-hybridized carbons (Fsp3) is 0.263. The van der Waals surface area contributed by atoms with Crippen LogP contribution in [0, 0.1) is 5.82 Å². The summed E-state index contributed by atoms with van der Waals surface area (Å²) in [6.07, 6.45) is 0.251. The van der Waals surface area contributed by atoms with Crippen LogP contribution in [-0.2, 0) is 4.84 Å². The number of benzene rings is 2. The highest BCUT2D eigenvalue weighted by Crippen LogP contribution is 2.40. The molecule has 1 atom stereocenters. The summed E-state index contributed by atoms with van der Waals surface area (Å²) in [6, 6.07) is 10.2. The summed E-state index contributed by atoms with van der Waals surface area (Å²) in [4.78, 5) is 19.6. The third kappa shape index (κ3) is 2.56. The molecule has 2 aromatic rings. The Labute approximate surface area is 150 Å². The number of carbonyl (C=O) groups is 1. The number of rotatable bonds is 3. The Balaban J connectivity index is 1.84. The Morgan fingerprint density at radius 1 is 1.19 bits per heavy atom. The van der Waals surface area contributed by atoms with E-state index in [2.05, 4.69) is 15.4 Å². The van der Waals surface area contributed by atoms with Crippen LogP contribution in [0.2, 0.25) is 0 Å². The smallest absolute Gasteiger partial charge is 0.255 e. The van der Waals surface area contributed by atoms with E-state index in [1.165, 1.54) is 19.2 Å². The first-order valence-electron chi connectivity index (χ1n) is 8.27. The van der Waals surface area contributed by atoms with Crippen LogP contribution in [-0.4, -0.2) is 32.4 Å². The van der Waals surface area contributed by atoms with Crippen LogP contribution in [0.3, 0.4) is 0 Å². The maximum absolute atomic E-state index is 14.1. The average Bonchev–Trinajstić information content (AvgIpc) is 2.66. The highest BCUT2D eigenvalue weighted by Gasteiger charge is 2.37. The first-order valence-corrected chi connectivity index (χ1v) is 8.27. The quantitative estimate of drug-likeness (QED) is 0.860. The Hall–Kier alpha value is -3.09. The summed E-state index contributed by atoms with van der Waals surface area (Å²) in [5.41, 5.74) is 3.17. The molecule has 6 nitrogen and oxygen atoms in total. The molecule has 0 bridgehead atoms. The Kier molecular flexibility index (Phi) is 3.99. The number of hydrogen-bond donors (Lipinski definition) is 1. The molecule has 0 spiro atoms. The van der Waals surface area contributed by atoms with Gasteiger partial charge in [-0.3, -0.25) is 4.79 Å². The molecule has 2 aliphatic rings. The molecule has 2 aromatic carbocycles. The number of halogens is 1. The summed E-state index contributed by atoms with van der Waals surface area (Å²) in [5, 5.41) is 6.99. The monoisotopic (exact) mass is 355 g/mol. The Morgan fingerprint density at radius 2 is 1.92 bits per heavy atom. The topological polar surface area (TPSA) is 63.2 Å². The van der Waals surface area contributed by atoms with Gasteiger partial charge in [-0.2, -0.15) is 0 Å². The molecule has 26 heavy (non-hydrogen) atoms. The first kappa shape index (κ1) is 16.4. The van der Waals surface area contributed by atoms with Crippen LogP contribution in [0.4, 0.5) is 10.1 Å². The van der Waals surface area contributed by atoms with Crippen LogP contribution >= 0.6 is 0 Å². The van der Waals surface area contributed by atoms with E-state index < -0.39 is 5.82 Å². The van der Waals surface area contributed by atoms with Gasteiger partial charge in [-0.15, -0.1) is 0 Å². The fourth-order valence-corrected chi connectivity index (χ4v) is 3.57. The molecule has 0 fully saturated rings. The second kappa shape index (κ2) is 6.33. The summed E-state index contributed by atoms with van der Waals surface area (Å²) in [6.45, 7) is 0.630. The SMILES string of the molecule is CO/N=C1/CCN2c3c(cc(F)cc31)C(=O)NC2c1ccc(OC)cc1. The number of amides is 1. The Bertz CT molecular complexity index is 896. The van der Waals surface area contributed by atoms with Crippen molar-refractivity contribution in [2.24, 2.45) is 5.16 Å². The van der Waals surface area contributed by atoms with Gasteiger partial charge in [0.05, 0.1) is 24.1 Å². The molecule has 1 N–H and O–H groups in total. The van der Waals surface area contributed by atoms with Gasteiger partial charge in [-0.05, 0) is 29.8 Å². The molecule has 2 heterocycles. The van der Waals surface area contributed by atoms with Gasteiger partial charge in [0.25, 0.3) is 5.91 Å². The number of nitrogens with one attached hydrogen (secondary N) is 1. The predicted molar refractivity (Wildman–Crippen MR) is 95.1 cm³/mol. The van der Waals surface area contributed by atoms with Gasteiger partial charge in [0, 0.05) is 18.5 Å². The molecular weight excluding hydrogens is 337 g/mol. The van der Waals surface area contributed by atoms with Crippen LogP contribution in [0.15, 0.2) is 41.6 Å². The molecule has 2 aliphatic heterocycles. The molecule has 7 heteroatoms. The van der Waals surface area contributed by atoms with Gasteiger partial charge < -0.3 is 19.8 Å². The van der Waals surface area contributed by atoms with Crippen molar-refractivity contribution in [3.05, 3.63) is 58.9 Å². The molecule has 134 valence electrons. The van der Waals surface area contributed by atoms with E-state index in [4.69, 9.17) is 9.57 Å². The summed E-state index contributed by atoms with van der Waals surface area (Å²) in [5.74, 6) is -0.0360. The number of hydrogen-bond acceptors (Lipinski definition) is 5. The average molecular weight is 355 g/mol. The van der Waals surface area contributed by atoms with Crippen molar-refractivity contribution >= 4 is 17.3 Å². The fourth-order valence-electron chi connectivity index (χ4n) is 3.57. The number of nitrogens with zero attached hydrogens (tertiary/aromatic N) is 2. The number of anilines is 1. The molecule has 0 aliphatic carbocycles. The number of carbonyl (C=O) groups excluding carboxylic acids is 1. The normalized spacial score (nSPS) is 19.8. The third-order valence-electron chi connectivity index (χ3n) is 4.72. The molecule has 1 amide bonds. The maximum Gasteiger partial charge on any atom is 0.255 e. The van der Waals surface area contributed by atoms with E-state index in [1.54, 1.807) is 7.11 Å². The van der Waals surface area contributed by atoms with Crippen LogP contribution in [0.25, 0.3) is 0 Å². The van der Waals surface area contributed by atoms with Crippen molar-refractivity contribution < 1.29 is 18.8 Å². The van der Waals surface area contributed by atoms with E-state index in [-0.39, 0.29) is 12.1 Å². The van der Waals surface area contributed by atoms with Gasteiger partial charge >= 0.3 is 0 Å². The van der Waals surface area contributed by atoms with Crippen molar-refractivity contribution in [2.45, 2.75) is 12.6 Å². The number of oxime groups is 1. The van der Waals surface area contributed by atoms with Gasteiger partial charge in [-0.1, -0.05) is 17.3 Å². The van der Waals surface area contributed by atoms with Gasteiger partial charge in [0.15, 0.2) is 0 Å².